The average Bonchev–Trinajstić information content (AvgIpc) is 2.53. The van der Waals surface area contributed by atoms with E-state index in [2.05, 4.69) is 41.1 Å². The minimum absolute atomic E-state index is 0.475. The van der Waals surface area contributed by atoms with E-state index in [0.717, 1.165) is 17.8 Å². The zero-order chi connectivity index (χ0) is 13.9. The van der Waals surface area contributed by atoms with E-state index in [1.54, 1.807) is 0 Å². The lowest BCUT2D eigenvalue weighted by Gasteiger charge is -2.38. The van der Waals surface area contributed by atoms with Crippen LogP contribution in [0.3, 0.4) is 0 Å². The molecule has 0 bridgehead atoms. The van der Waals surface area contributed by atoms with Crippen LogP contribution in [-0.4, -0.2) is 17.6 Å². The maximum atomic E-state index is 6.03. The molecule has 2 aromatic rings. The molecule has 1 unspecified atom stereocenters. The first kappa shape index (κ1) is 13.7. The minimum Gasteiger partial charge on any atom is -0.368 e. The van der Waals surface area contributed by atoms with Gasteiger partial charge >= 0.3 is 0 Å². The molecule has 3 rings (SSSR count). The van der Waals surface area contributed by atoms with Crippen molar-refractivity contribution in [3.05, 3.63) is 36.0 Å². The quantitative estimate of drug-likeness (QED) is 0.758. The molecule has 0 saturated carbocycles. The number of benzene rings is 1. The Hall–Kier alpha value is -1.28. The molecule has 0 radical (unpaired) electrons. The molecule has 20 heavy (non-hydrogen) atoms. The van der Waals surface area contributed by atoms with Crippen molar-refractivity contribution in [2.24, 2.45) is 0 Å². The van der Waals surface area contributed by atoms with Crippen molar-refractivity contribution in [3.63, 3.8) is 0 Å². The van der Waals surface area contributed by atoms with E-state index in [1.807, 2.05) is 6.07 Å². The van der Waals surface area contributed by atoms with Gasteiger partial charge in [0.15, 0.2) is 0 Å². The number of anilines is 1. The number of hydrogen-bond acceptors (Lipinski definition) is 2. The Morgan fingerprint density at radius 3 is 2.95 bits per heavy atom. The van der Waals surface area contributed by atoms with Gasteiger partial charge in [-0.15, -0.1) is 11.6 Å². The summed E-state index contributed by atoms with van der Waals surface area (Å²) in [4.78, 5) is 7.21. The Labute approximate surface area is 125 Å². The van der Waals surface area contributed by atoms with Crippen LogP contribution in [0.5, 0.6) is 0 Å². The number of halogens is 1. The number of fused-ring (bicyclic) bond motifs is 1. The molecule has 106 valence electrons. The van der Waals surface area contributed by atoms with Gasteiger partial charge in [0, 0.05) is 23.7 Å². The maximum Gasteiger partial charge on any atom is 0.0726 e. The van der Waals surface area contributed by atoms with E-state index >= 15 is 0 Å². The van der Waals surface area contributed by atoms with Gasteiger partial charge in [0.05, 0.1) is 17.1 Å². The predicted octanol–water partition coefficient (Wildman–Crippen LogP) is 4.74. The highest BCUT2D eigenvalue weighted by atomic mass is 35.5. The predicted molar refractivity (Wildman–Crippen MR) is 86.6 cm³/mol. The zero-order valence-electron chi connectivity index (χ0n) is 12.0. The number of para-hydroxylation sites is 1. The van der Waals surface area contributed by atoms with Crippen LogP contribution in [-0.2, 0) is 5.88 Å². The molecule has 1 saturated heterocycles. The lowest BCUT2D eigenvalue weighted by atomic mass is 9.98. The number of alkyl halides is 1. The van der Waals surface area contributed by atoms with Crippen molar-refractivity contribution in [2.45, 2.75) is 44.5 Å². The normalized spacial score (nSPS) is 19.5. The number of pyridine rings is 1. The number of rotatable bonds is 3. The number of piperidine rings is 1. The third-order valence-corrected chi connectivity index (χ3v) is 4.57. The summed E-state index contributed by atoms with van der Waals surface area (Å²) in [5.41, 5.74) is 3.35. The van der Waals surface area contributed by atoms with Crippen LogP contribution >= 0.6 is 11.6 Å². The topological polar surface area (TPSA) is 16.1 Å². The Morgan fingerprint density at radius 2 is 2.15 bits per heavy atom. The lowest BCUT2D eigenvalue weighted by Crippen LogP contribution is -2.39. The second kappa shape index (κ2) is 6.01. The van der Waals surface area contributed by atoms with Crippen LogP contribution in [0.25, 0.3) is 10.9 Å². The van der Waals surface area contributed by atoms with Crippen LogP contribution in [0.1, 0.15) is 38.3 Å². The fourth-order valence-corrected chi connectivity index (χ4v) is 3.40. The molecule has 2 heterocycles. The van der Waals surface area contributed by atoms with E-state index in [-0.39, 0.29) is 0 Å². The monoisotopic (exact) mass is 288 g/mol. The van der Waals surface area contributed by atoms with Crippen molar-refractivity contribution >= 4 is 28.2 Å². The van der Waals surface area contributed by atoms with Gasteiger partial charge in [0.25, 0.3) is 0 Å². The second-order valence-electron chi connectivity index (χ2n) is 5.53. The summed E-state index contributed by atoms with van der Waals surface area (Å²) < 4.78 is 0. The van der Waals surface area contributed by atoms with Gasteiger partial charge in [0.1, 0.15) is 0 Å². The number of aromatic nitrogens is 1. The van der Waals surface area contributed by atoms with Crippen molar-refractivity contribution in [1.29, 1.82) is 0 Å². The van der Waals surface area contributed by atoms with Gasteiger partial charge < -0.3 is 4.90 Å². The molecule has 2 nitrogen and oxygen atoms in total. The fraction of sp³-hybridized carbons (Fsp3) is 0.471. The molecule has 0 spiro atoms. The Bertz CT molecular complexity index is 597. The van der Waals surface area contributed by atoms with Crippen LogP contribution in [0.2, 0.25) is 0 Å². The number of nitrogens with zero attached hydrogens (tertiary/aromatic N) is 2. The van der Waals surface area contributed by atoms with Crippen molar-refractivity contribution in [2.75, 3.05) is 11.4 Å². The zero-order valence-corrected chi connectivity index (χ0v) is 12.7. The minimum atomic E-state index is 0.475. The van der Waals surface area contributed by atoms with Gasteiger partial charge in [-0.05, 0) is 37.8 Å². The Balaban J connectivity index is 2.13. The largest absolute Gasteiger partial charge is 0.368 e. The summed E-state index contributed by atoms with van der Waals surface area (Å²) in [5, 5.41) is 1.25. The summed E-state index contributed by atoms with van der Waals surface area (Å²) in [6.45, 7) is 3.43. The molecule has 3 heteroatoms. The summed E-state index contributed by atoms with van der Waals surface area (Å²) in [6, 6.07) is 11.2. The highest BCUT2D eigenvalue weighted by Crippen LogP contribution is 2.32. The number of hydrogen-bond donors (Lipinski definition) is 0. The molecule has 0 aliphatic carbocycles. The Morgan fingerprint density at radius 1 is 1.30 bits per heavy atom. The van der Waals surface area contributed by atoms with E-state index in [9.17, 15) is 0 Å². The van der Waals surface area contributed by atoms with E-state index < -0.39 is 0 Å². The van der Waals surface area contributed by atoms with Crippen molar-refractivity contribution in [1.82, 2.24) is 4.98 Å². The van der Waals surface area contributed by atoms with Crippen LogP contribution in [0.15, 0.2) is 30.3 Å². The first-order valence-electron chi connectivity index (χ1n) is 7.54. The molecule has 0 amide bonds. The lowest BCUT2D eigenvalue weighted by molar-refractivity contribution is 0.451. The summed E-state index contributed by atoms with van der Waals surface area (Å²) in [7, 11) is 0. The SMILES string of the molecule is CCC1CCCCN1c1cc(CCl)nc2ccccc12. The van der Waals surface area contributed by atoms with Crippen molar-refractivity contribution < 1.29 is 0 Å². The van der Waals surface area contributed by atoms with Crippen LogP contribution in [0.4, 0.5) is 5.69 Å². The molecule has 0 N–H and O–H groups in total. The summed E-state index contributed by atoms with van der Waals surface area (Å²) in [6.07, 6.45) is 5.12. The fourth-order valence-electron chi connectivity index (χ4n) is 3.26. The second-order valence-corrected chi connectivity index (χ2v) is 5.80. The molecule has 1 aromatic heterocycles. The highest BCUT2D eigenvalue weighted by Gasteiger charge is 2.23. The molecular weight excluding hydrogens is 268 g/mol. The van der Waals surface area contributed by atoms with Gasteiger partial charge in [-0.2, -0.15) is 0 Å². The van der Waals surface area contributed by atoms with Crippen LogP contribution in [0, 0.1) is 0 Å². The van der Waals surface area contributed by atoms with Gasteiger partial charge in [-0.1, -0.05) is 25.1 Å². The van der Waals surface area contributed by atoms with Gasteiger partial charge in [-0.3, -0.25) is 4.98 Å². The molecule has 1 fully saturated rings. The molecule has 1 aliphatic heterocycles. The van der Waals surface area contributed by atoms with Gasteiger partial charge in [-0.25, -0.2) is 0 Å². The van der Waals surface area contributed by atoms with Gasteiger partial charge in [0.2, 0.25) is 0 Å². The van der Waals surface area contributed by atoms with E-state index in [4.69, 9.17) is 11.6 Å². The summed E-state index contributed by atoms with van der Waals surface area (Å²) >= 11 is 6.03. The smallest absolute Gasteiger partial charge is 0.0726 e. The molecular formula is C17H21ClN2. The maximum absolute atomic E-state index is 6.03. The van der Waals surface area contributed by atoms with E-state index in [1.165, 1.54) is 36.8 Å². The first-order chi connectivity index (χ1) is 9.83. The summed E-state index contributed by atoms with van der Waals surface area (Å²) in [5.74, 6) is 0.475. The first-order valence-corrected chi connectivity index (χ1v) is 8.08. The van der Waals surface area contributed by atoms with E-state index in [0.29, 0.717) is 11.9 Å². The molecule has 1 aliphatic rings. The average molecular weight is 289 g/mol. The molecule has 1 atom stereocenters. The Kier molecular flexibility index (Phi) is 4.11. The third kappa shape index (κ3) is 2.49. The van der Waals surface area contributed by atoms with Crippen molar-refractivity contribution in [3.8, 4) is 0 Å². The third-order valence-electron chi connectivity index (χ3n) is 4.29. The molecule has 1 aromatic carbocycles. The highest BCUT2D eigenvalue weighted by molar-refractivity contribution is 6.17. The standard InChI is InChI=1S/C17H21ClN2/c1-2-14-7-5-6-10-20(14)17-11-13(12-18)19-16-9-4-3-8-15(16)17/h3-4,8-9,11,14H,2,5-7,10,12H2,1H3. The van der Waals surface area contributed by atoms with Crippen LogP contribution < -0.4 is 4.90 Å².